The van der Waals surface area contributed by atoms with E-state index in [-0.39, 0.29) is 0 Å². The first-order valence-corrected chi connectivity index (χ1v) is 9.98. The molecule has 144 valence electrons. The van der Waals surface area contributed by atoms with Gasteiger partial charge in [0.25, 0.3) is 0 Å². The van der Waals surface area contributed by atoms with Crippen molar-refractivity contribution in [2.45, 2.75) is 0 Å². The van der Waals surface area contributed by atoms with Gasteiger partial charge >= 0.3 is 11.5 Å². The maximum atomic E-state index is 6.34. The molecule has 0 amide bonds. The minimum absolute atomic E-state index is 0.834. The number of benzene rings is 2. The zero-order valence-electron chi connectivity index (χ0n) is 16.7. The van der Waals surface area contributed by atoms with E-state index in [9.17, 15) is 0 Å². The van der Waals surface area contributed by atoms with E-state index in [0.717, 1.165) is 50.7 Å². The molecule has 2 heteroatoms. The maximum absolute atomic E-state index is 6.34. The third-order valence-electron chi connectivity index (χ3n) is 5.31. The molecule has 0 aliphatic heterocycles. The molecule has 2 nitrogen and oxygen atoms in total. The molecule has 0 spiro atoms. The van der Waals surface area contributed by atoms with Crippen molar-refractivity contribution in [1.82, 2.24) is 0 Å². The average Bonchev–Trinajstić information content (AvgIpc) is 2.99. The lowest BCUT2D eigenvalue weighted by molar-refractivity contribution is 0.418. The molecule has 0 fully saturated rings. The fourth-order valence-electron chi connectivity index (χ4n) is 3.84. The monoisotopic (exact) mass is 389 g/mol. The molecule has 1 aromatic heterocycles. The summed E-state index contributed by atoms with van der Waals surface area (Å²) in [5.74, 6) is 2.54. The zero-order chi connectivity index (χ0) is 20.3. The topological polar surface area (TPSA) is 20.5 Å². The lowest BCUT2D eigenvalue weighted by Crippen LogP contribution is -1.86. The highest BCUT2D eigenvalue weighted by molar-refractivity contribution is 5.92. The summed E-state index contributed by atoms with van der Waals surface area (Å²) in [6.07, 6.45) is 0. The number of hydrogen-bond donors (Lipinski definition) is 0. The molecule has 2 aliphatic rings. The first kappa shape index (κ1) is 18.1. The van der Waals surface area contributed by atoms with Crippen LogP contribution in [0.1, 0.15) is 0 Å². The van der Waals surface area contributed by atoms with Crippen LogP contribution in [-0.4, -0.2) is 7.11 Å². The summed E-state index contributed by atoms with van der Waals surface area (Å²) in [6, 6.07) is 37.1. The van der Waals surface area contributed by atoms with Crippen LogP contribution in [0.3, 0.4) is 0 Å². The largest absolute Gasteiger partial charge is 0.496 e. The summed E-state index contributed by atoms with van der Waals surface area (Å²) in [6.45, 7) is 0. The fraction of sp³-hybridized carbons (Fsp3) is 0.0357. The van der Waals surface area contributed by atoms with Crippen LogP contribution in [0.15, 0.2) is 114 Å². The van der Waals surface area contributed by atoms with E-state index < -0.39 is 0 Å². The Morgan fingerprint density at radius 2 is 1.00 bits per heavy atom. The molecular weight excluding hydrogens is 368 g/mol. The normalized spacial score (nSPS) is 10.8. The minimum Gasteiger partial charge on any atom is -0.496 e. The fourth-order valence-corrected chi connectivity index (χ4v) is 3.84. The molecule has 0 saturated heterocycles. The lowest BCUT2D eigenvalue weighted by atomic mass is 10.00. The van der Waals surface area contributed by atoms with E-state index in [2.05, 4.69) is 60.7 Å². The van der Waals surface area contributed by atoms with Gasteiger partial charge in [-0.05, 0) is 41.5 Å². The van der Waals surface area contributed by atoms with Gasteiger partial charge in [0.1, 0.15) is 5.75 Å². The third kappa shape index (κ3) is 3.33. The van der Waals surface area contributed by atoms with Crippen molar-refractivity contribution >= 4 is 0 Å². The molecule has 0 N–H and O–H groups in total. The second-order valence-corrected chi connectivity index (χ2v) is 7.17. The third-order valence-corrected chi connectivity index (χ3v) is 5.31. The van der Waals surface area contributed by atoms with Gasteiger partial charge in [-0.1, -0.05) is 66.7 Å². The highest BCUT2D eigenvalue weighted by Crippen LogP contribution is 2.44. The molecule has 0 atom stereocenters. The zero-order valence-corrected chi connectivity index (χ0v) is 16.7. The minimum atomic E-state index is 0.834. The van der Waals surface area contributed by atoms with Gasteiger partial charge in [-0.2, -0.15) is 0 Å². The van der Waals surface area contributed by atoms with E-state index in [0.29, 0.717) is 0 Å². The van der Waals surface area contributed by atoms with Crippen molar-refractivity contribution in [3.8, 4) is 50.7 Å². The van der Waals surface area contributed by atoms with Crippen LogP contribution in [0, 0.1) is 0 Å². The van der Waals surface area contributed by atoms with Crippen LogP contribution in [0.5, 0.6) is 5.75 Å². The Kier molecular flexibility index (Phi) is 4.74. The molecule has 2 aromatic carbocycles. The lowest BCUT2D eigenvalue weighted by Gasteiger charge is -2.03. The number of ether oxygens (including phenoxy) is 1. The van der Waals surface area contributed by atoms with Crippen LogP contribution >= 0.6 is 0 Å². The van der Waals surface area contributed by atoms with Crippen molar-refractivity contribution in [2.75, 3.05) is 7.11 Å². The van der Waals surface area contributed by atoms with Gasteiger partial charge in [0.15, 0.2) is 0 Å². The van der Waals surface area contributed by atoms with Gasteiger partial charge < -0.3 is 4.74 Å². The van der Waals surface area contributed by atoms with Crippen LogP contribution in [0.25, 0.3) is 44.9 Å². The number of rotatable bonds is 4. The van der Waals surface area contributed by atoms with Gasteiger partial charge in [0.2, 0.25) is 0 Å². The summed E-state index contributed by atoms with van der Waals surface area (Å²) < 4.78 is 12.0. The van der Waals surface area contributed by atoms with E-state index >= 15 is 0 Å². The second-order valence-electron chi connectivity index (χ2n) is 7.17. The highest BCUT2D eigenvalue weighted by Gasteiger charge is 2.24. The van der Waals surface area contributed by atoms with Gasteiger partial charge in [-0.3, -0.25) is 0 Å². The summed E-state index contributed by atoms with van der Waals surface area (Å²) in [7, 11) is 1.72. The molecule has 0 saturated carbocycles. The van der Waals surface area contributed by atoms with Crippen LogP contribution in [-0.2, 0) is 0 Å². The molecule has 0 unspecified atom stereocenters. The summed E-state index contributed by atoms with van der Waals surface area (Å²) in [4.78, 5) is 0. The van der Waals surface area contributed by atoms with Crippen molar-refractivity contribution in [1.29, 1.82) is 0 Å². The molecule has 3 aromatic rings. The van der Waals surface area contributed by atoms with Gasteiger partial charge in [0.05, 0.1) is 30.4 Å². The Balaban J connectivity index is 1.76. The Morgan fingerprint density at radius 3 is 1.53 bits per heavy atom. The second kappa shape index (κ2) is 7.84. The predicted octanol–water partition coefficient (Wildman–Crippen LogP) is 7.68. The van der Waals surface area contributed by atoms with Crippen LogP contribution in [0.4, 0.5) is 0 Å². The van der Waals surface area contributed by atoms with Crippen molar-refractivity contribution in [3.63, 3.8) is 0 Å². The summed E-state index contributed by atoms with van der Waals surface area (Å²) in [5.41, 5.74) is 6.57. The predicted molar refractivity (Wildman–Crippen MR) is 123 cm³/mol. The Bertz CT molecular complexity index is 1200. The summed E-state index contributed by atoms with van der Waals surface area (Å²) >= 11 is 0. The number of hydrogen-bond acceptors (Lipinski definition) is 1. The van der Waals surface area contributed by atoms with Gasteiger partial charge in [-0.15, -0.1) is 0 Å². The first-order chi connectivity index (χ1) is 14.8. The molecular formula is C28H21O2+. The Hall–Kier alpha value is -3.91. The SMILES string of the molecule is COc1cc(-c2cc(-c3ccccc3)[o+]c(-c3ccccc3)c2)c2cccccc1-2. The van der Waals surface area contributed by atoms with E-state index in [1.165, 1.54) is 0 Å². The van der Waals surface area contributed by atoms with Crippen molar-refractivity contribution in [2.24, 2.45) is 0 Å². The smallest absolute Gasteiger partial charge is 0.361 e. The van der Waals surface area contributed by atoms with E-state index in [4.69, 9.17) is 9.15 Å². The maximum Gasteiger partial charge on any atom is 0.361 e. The number of methoxy groups -OCH3 is 1. The van der Waals surface area contributed by atoms with E-state index in [1.807, 2.05) is 48.5 Å². The molecule has 1 heterocycles. The molecule has 2 aliphatic carbocycles. The van der Waals surface area contributed by atoms with Gasteiger partial charge in [0, 0.05) is 11.1 Å². The Labute approximate surface area is 176 Å². The van der Waals surface area contributed by atoms with Crippen molar-refractivity contribution < 1.29 is 9.15 Å². The quantitative estimate of drug-likeness (QED) is 0.294. The van der Waals surface area contributed by atoms with Crippen LogP contribution in [0.2, 0.25) is 0 Å². The number of fused-ring (bicyclic) bond motifs is 1. The standard InChI is InChI=1S/C28H21O2/c1-29-28-19-25(23-15-9-4-10-16-24(23)28)22-17-26(20-11-5-2-6-12-20)30-27(18-22)21-13-7-3-8-14-21/h2-19H,1H3/q+1. The van der Waals surface area contributed by atoms with Crippen LogP contribution < -0.4 is 4.74 Å². The van der Waals surface area contributed by atoms with E-state index in [1.54, 1.807) is 7.11 Å². The highest BCUT2D eigenvalue weighted by atomic mass is 16.5. The molecule has 30 heavy (non-hydrogen) atoms. The van der Waals surface area contributed by atoms with Crippen molar-refractivity contribution in [3.05, 3.63) is 109 Å². The molecule has 0 radical (unpaired) electrons. The molecule has 5 rings (SSSR count). The Morgan fingerprint density at radius 1 is 0.500 bits per heavy atom. The average molecular weight is 389 g/mol. The van der Waals surface area contributed by atoms with Gasteiger partial charge in [-0.25, -0.2) is 4.42 Å². The first-order valence-electron chi connectivity index (χ1n) is 9.98. The molecule has 0 bridgehead atoms. The summed E-state index contributed by atoms with van der Waals surface area (Å²) in [5, 5.41) is 0.